The first-order valence-corrected chi connectivity index (χ1v) is 6.40. The number of carboxylic acids is 1. The molecule has 0 radical (unpaired) electrons. The van der Waals surface area contributed by atoms with E-state index >= 15 is 0 Å². The topological polar surface area (TPSA) is 93.5 Å². The molecule has 21 heavy (non-hydrogen) atoms. The highest BCUT2D eigenvalue weighted by atomic mass is 16.5. The van der Waals surface area contributed by atoms with Gasteiger partial charge in [0.05, 0.1) is 18.3 Å². The van der Waals surface area contributed by atoms with Crippen molar-refractivity contribution < 1.29 is 19.4 Å². The summed E-state index contributed by atoms with van der Waals surface area (Å²) in [6, 6.07) is 7.48. The second kappa shape index (κ2) is 5.92. The van der Waals surface area contributed by atoms with Gasteiger partial charge in [-0.15, -0.1) is 0 Å². The number of aromatic nitrogens is 2. The molecule has 1 aromatic heterocycles. The average Bonchev–Trinajstić information content (AvgIpc) is 2.82. The molecule has 1 heterocycles. The number of nitrogens with zero attached hydrogens (tertiary/aromatic N) is 2. The monoisotopic (exact) mass is 291 g/mol. The van der Waals surface area contributed by atoms with Crippen LogP contribution >= 0.6 is 0 Å². The van der Waals surface area contributed by atoms with Crippen molar-refractivity contribution in [1.29, 1.82) is 0 Å². The largest absolute Gasteiger partial charge is 0.479 e. The molecule has 0 fully saturated rings. The summed E-state index contributed by atoms with van der Waals surface area (Å²) in [5.74, 6) is -1.59. The lowest BCUT2D eigenvalue weighted by molar-refractivity contribution is -0.149. The summed E-state index contributed by atoms with van der Waals surface area (Å²) >= 11 is 0. The summed E-state index contributed by atoms with van der Waals surface area (Å²) in [5.41, 5.74) is -0.647. The highest BCUT2D eigenvalue weighted by molar-refractivity contribution is 5.87. The van der Waals surface area contributed by atoms with Crippen LogP contribution in [0.1, 0.15) is 6.92 Å². The Morgan fingerprint density at radius 2 is 2.14 bits per heavy atom. The van der Waals surface area contributed by atoms with E-state index in [0.717, 1.165) is 10.9 Å². The van der Waals surface area contributed by atoms with Crippen LogP contribution in [0.5, 0.6) is 0 Å². The lowest BCUT2D eigenvalue weighted by Gasteiger charge is -2.25. The number of amides is 1. The van der Waals surface area contributed by atoms with Crippen molar-refractivity contribution in [2.24, 2.45) is 0 Å². The van der Waals surface area contributed by atoms with Crippen molar-refractivity contribution in [3.63, 3.8) is 0 Å². The van der Waals surface area contributed by atoms with Crippen LogP contribution in [0.15, 0.2) is 30.5 Å². The number of fused-ring (bicyclic) bond motifs is 1. The van der Waals surface area contributed by atoms with Crippen LogP contribution < -0.4 is 5.32 Å². The maximum Gasteiger partial charge on any atom is 0.331 e. The molecule has 1 unspecified atom stereocenters. The first-order valence-electron chi connectivity index (χ1n) is 6.40. The van der Waals surface area contributed by atoms with Crippen LogP contribution in [-0.2, 0) is 20.9 Å². The number of hydrogen-bond donors (Lipinski definition) is 2. The Bertz CT molecular complexity index is 667. The second-order valence-electron chi connectivity index (χ2n) is 4.98. The highest BCUT2D eigenvalue weighted by Crippen LogP contribution is 2.12. The maximum atomic E-state index is 12.1. The van der Waals surface area contributed by atoms with E-state index in [1.165, 1.54) is 18.7 Å². The minimum atomic E-state index is -1.46. The van der Waals surface area contributed by atoms with Gasteiger partial charge in [0.2, 0.25) is 5.91 Å². The van der Waals surface area contributed by atoms with Crippen LogP contribution in [0.3, 0.4) is 0 Å². The van der Waals surface area contributed by atoms with Gasteiger partial charge in [0, 0.05) is 12.5 Å². The molecule has 0 aliphatic carbocycles. The Kier molecular flexibility index (Phi) is 4.23. The molecular formula is C14H17N3O4. The predicted molar refractivity (Wildman–Crippen MR) is 75.8 cm³/mol. The number of rotatable bonds is 6. The van der Waals surface area contributed by atoms with Gasteiger partial charge in [0.25, 0.3) is 0 Å². The van der Waals surface area contributed by atoms with Gasteiger partial charge in [0.1, 0.15) is 6.54 Å². The van der Waals surface area contributed by atoms with E-state index in [4.69, 9.17) is 4.74 Å². The van der Waals surface area contributed by atoms with Crippen LogP contribution in [0.2, 0.25) is 0 Å². The highest BCUT2D eigenvalue weighted by Gasteiger charge is 2.35. The first-order chi connectivity index (χ1) is 9.96. The third-order valence-electron chi connectivity index (χ3n) is 3.16. The van der Waals surface area contributed by atoms with E-state index in [1.807, 2.05) is 24.3 Å². The Balaban J connectivity index is 2.12. The number of aliphatic carboxylic acids is 1. The van der Waals surface area contributed by atoms with Gasteiger partial charge in [-0.3, -0.25) is 9.48 Å². The predicted octanol–water partition coefficient (Wildman–Crippen LogP) is 0.642. The minimum Gasteiger partial charge on any atom is -0.479 e. The molecule has 2 aromatic rings. The Labute approximate surface area is 121 Å². The van der Waals surface area contributed by atoms with Crippen LogP contribution in [0, 0.1) is 0 Å². The van der Waals surface area contributed by atoms with E-state index in [-0.39, 0.29) is 13.2 Å². The zero-order valence-electron chi connectivity index (χ0n) is 11.9. The van der Waals surface area contributed by atoms with Gasteiger partial charge >= 0.3 is 5.97 Å². The fourth-order valence-corrected chi connectivity index (χ4v) is 2.08. The molecule has 2 N–H and O–H groups in total. The zero-order chi connectivity index (χ0) is 15.5. The molecule has 1 amide bonds. The summed E-state index contributed by atoms with van der Waals surface area (Å²) in [4.78, 5) is 23.3. The van der Waals surface area contributed by atoms with E-state index in [9.17, 15) is 14.7 Å². The third kappa shape index (κ3) is 3.19. The Hall–Kier alpha value is -2.41. The molecule has 0 aliphatic heterocycles. The number of carboxylic acid groups (broad SMARTS) is 1. The van der Waals surface area contributed by atoms with Gasteiger partial charge in [-0.05, 0) is 13.0 Å². The second-order valence-corrected chi connectivity index (χ2v) is 4.98. The molecule has 0 aliphatic rings. The SMILES string of the molecule is COCC(C)(NC(=O)Cn1ncc2ccccc21)C(=O)O. The molecule has 7 heteroatoms. The maximum absolute atomic E-state index is 12.1. The third-order valence-corrected chi connectivity index (χ3v) is 3.16. The van der Waals surface area contributed by atoms with Gasteiger partial charge in [-0.25, -0.2) is 4.79 Å². The number of methoxy groups -OCH3 is 1. The van der Waals surface area contributed by atoms with Gasteiger partial charge in [0.15, 0.2) is 5.54 Å². The number of ether oxygens (including phenoxy) is 1. The number of hydrogen-bond acceptors (Lipinski definition) is 4. The smallest absolute Gasteiger partial charge is 0.331 e. The van der Waals surface area contributed by atoms with E-state index in [1.54, 1.807) is 6.20 Å². The molecule has 1 atom stereocenters. The van der Waals surface area contributed by atoms with E-state index < -0.39 is 17.4 Å². The van der Waals surface area contributed by atoms with Crippen molar-refractivity contribution in [2.75, 3.05) is 13.7 Å². The molecular weight excluding hydrogens is 274 g/mol. The van der Waals surface area contributed by atoms with Crippen LogP contribution in [-0.4, -0.2) is 46.0 Å². The molecule has 112 valence electrons. The molecule has 2 rings (SSSR count). The molecule has 7 nitrogen and oxygen atoms in total. The van der Waals surface area contributed by atoms with Crippen molar-refractivity contribution >= 4 is 22.8 Å². The van der Waals surface area contributed by atoms with Crippen molar-refractivity contribution in [3.8, 4) is 0 Å². The normalized spacial score (nSPS) is 13.8. The quantitative estimate of drug-likeness (QED) is 0.814. The molecule has 0 bridgehead atoms. The van der Waals surface area contributed by atoms with Crippen LogP contribution in [0.25, 0.3) is 10.9 Å². The van der Waals surface area contributed by atoms with Gasteiger partial charge in [-0.2, -0.15) is 5.10 Å². The Morgan fingerprint density at radius 1 is 1.43 bits per heavy atom. The first kappa shape index (κ1) is 15.0. The summed E-state index contributed by atoms with van der Waals surface area (Å²) in [5, 5.41) is 16.7. The zero-order valence-corrected chi connectivity index (χ0v) is 11.9. The number of nitrogens with one attached hydrogen (secondary N) is 1. The number of benzene rings is 1. The lowest BCUT2D eigenvalue weighted by atomic mass is 10.0. The van der Waals surface area contributed by atoms with Crippen molar-refractivity contribution in [3.05, 3.63) is 30.5 Å². The van der Waals surface area contributed by atoms with Gasteiger partial charge < -0.3 is 15.2 Å². The summed E-state index contributed by atoms with van der Waals surface area (Å²) in [7, 11) is 1.38. The molecule has 0 saturated carbocycles. The summed E-state index contributed by atoms with van der Waals surface area (Å²) in [6.45, 7) is 1.23. The minimum absolute atomic E-state index is 0.0555. The summed E-state index contributed by atoms with van der Waals surface area (Å²) in [6.07, 6.45) is 1.66. The molecule has 0 spiro atoms. The summed E-state index contributed by atoms with van der Waals surface area (Å²) < 4.78 is 6.38. The van der Waals surface area contributed by atoms with Crippen molar-refractivity contribution in [1.82, 2.24) is 15.1 Å². The lowest BCUT2D eigenvalue weighted by Crippen LogP contribution is -2.56. The Morgan fingerprint density at radius 3 is 2.81 bits per heavy atom. The fraction of sp³-hybridized carbons (Fsp3) is 0.357. The average molecular weight is 291 g/mol. The van der Waals surface area contributed by atoms with Crippen molar-refractivity contribution in [2.45, 2.75) is 19.0 Å². The standard InChI is InChI=1S/C14H17N3O4/c1-14(9-21-2,13(19)20)16-12(18)8-17-11-6-4-3-5-10(11)7-15-17/h3-7H,8-9H2,1-2H3,(H,16,18)(H,19,20). The van der Waals surface area contributed by atoms with Gasteiger partial charge in [-0.1, -0.05) is 18.2 Å². The number of para-hydroxylation sites is 1. The van der Waals surface area contributed by atoms with E-state index in [0.29, 0.717) is 0 Å². The van der Waals surface area contributed by atoms with Crippen LogP contribution in [0.4, 0.5) is 0 Å². The number of carbonyl (C=O) groups excluding carboxylic acids is 1. The number of carbonyl (C=O) groups is 2. The fourth-order valence-electron chi connectivity index (χ4n) is 2.08. The molecule has 0 saturated heterocycles. The van der Waals surface area contributed by atoms with E-state index in [2.05, 4.69) is 10.4 Å². The molecule has 1 aromatic carbocycles.